The highest BCUT2D eigenvalue weighted by Crippen LogP contribution is 2.23. The third-order valence-corrected chi connectivity index (χ3v) is 5.20. The molecule has 0 radical (unpaired) electrons. The lowest BCUT2D eigenvalue weighted by atomic mass is 10.1. The van der Waals surface area contributed by atoms with Gasteiger partial charge in [-0.15, -0.1) is 5.10 Å². The summed E-state index contributed by atoms with van der Waals surface area (Å²) >= 11 is 0. The number of hydrogen-bond donors (Lipinski definition) is 2. The van der Waals surface area contributed by atoms with Gasteiger partial charge in [0, 0.05) is 7.05 Å². The van der Waals surface area contributed by atoms with Gasteiger partial charge in [-0.05, 0) is 54.5 Å². The van der Waals surface area contributed by atoms with Gasteiger partial charge in [0.25, 0.3) is 0 Å². The quantitative estimate of drug-likeness (QED) is 0.815. The van der Waals surface area contributed by atoms with Crippen LogP contribution < -0.4 is 4.72 Å². The predicted molar refractivity (Wildman–Crippen MR) is 80.4 cm³/mol. The number of rotatable bonds is 5. The zero-order valence-corrected chi connectivity index (χ0v) is 13.9. The Morgan fingerprint density at radius 3 is 2.52 bits per heavy atom. The first-order valence-electron chi connectivity index (χ1n) is 6.72. The van der Waals surface area contributed by atoms with Crippen molar-refractivity contribution in [2.75, 3.05) is 0 Å². The summed E-state index contributed by atoms with van der Waals surface area (Å²) in [6.45, 7) is 4.90. The summed E-state index contributed by atoms with van der Waals surface area (Å²) in [4.78, 5) is 11.1. The van der Waals surface area contributed by atoms with Gasteiger partial charge >= 0.3 is 5.97 Å². The van der Waals surface area contributed by atoms with E-state index < -0.39 is 22.0 Å². The van der Waals surface area contributed by atoms with Crippen molar-refractivity contribution in [1.29, 1.82) is 0 Å². The fourth-order valence-corrected chi connectivity index (χ4v) is 3.73. The van der Waals surface area contributed by atoms with Gasteiger partial charge in [0.05, 0.1) is 16.5 Å². The molecule has 2 aromatic rings. The van der Waals surface area contributed by atoms with Gasteiger partial charge in [-0.2, -0.15) is 0 Å². The summed E-state index contributed by atoms with van der Waals surface area (Å²) < 4.78 is 29.1. The van der Waals surface area contributed by atoms with E-state index in [-0.39, 0.29) is 10.5 Å². The minimum Gasteiger partial charge on any atom is -0.478 e. The van der Waals surface area contributed by atoms with Crippen LogP contribution in [0.4, 0.5) is 0 Å². The van der Waals surface area contributed by atoms with Crippen molar-refractivity contribution < 1.29 is 18.3 Å². The Balaban J connectivity index is 2.44. The monoisotopic (exact) mass is 339 g/mol. The Morgan fingerprint density at radius 2 is 2.00 bits per heavy atom. The Bertz CT molecular complexity index is 859. The van der Waals surface area contributed by atoms with E-state index in [1.165, 1.54) is 10.7 Å². The van der Waals surface area contributed by atoms with Crippen LogP contribution in [0, 0.1) is 13.8 Å². The molecule has 0 fully saturated rings. The SMILES string of the molecule is Cc1cc(C(=O)O)cc(S(=O)(=O)N[C@@H](C)c2nnnn2C)c1C. The highest BCUT2D eigenvalue weighted by atomic mass is 32.2. The molecule has 2 N–H and O–H groups in total. The molecule has 23 heavy (non-hydrogen) atoms. The lowest BCUT2D eigenvalue weighted by Gasteiger charge is -2.16. The number of aromatic carboxylic acids is 1. The number of hydrogen-bond acceptors (Lipinski definition) is 6. The van der Waals surface area contributed by atoms with Crippen LogP contribution in [0.2, 0.25) is 0 Å². The molecule has 10 heteroatoms. The number of carbonyl (C=O) groups is 1. The maximum Gasteiger partial charge on any atom is 0.335 e. The molecule has 2 rings (SSSR count). The van der Waals surface area contributed by atoms with Crippen LogP contribution >= 0.6 is 0 Å². The van der Waals surface area contributed by atoms with Gasteiger partial charge in [0.15, 0.2) is 5.82 Å². The second-order valence-corrected chi connectivity index (χ2v) is 6.91. The van der Waals surface area contributed by atoms with Crippen molar-refractivity contribution in [3.63, 3.8) is 0 Å². The number of aromatic nitrogens is 4. The van der Waals surface area contributed by atoms with E-state index in [2.05, 4.69) is 20.2 Å². The summed E-state index contributed by atoms with van der Waals surface area (Å²) in [7, 11) is -2.34. The average Bonchev–Trinajstić information content (AvgIpc) is 2.87. The van der Waals surface area contributed by atoms with Crippen molar-refractivity contribution in [3.05, 3.63) is 34.6 Å². The molecule has 0 spiro atoms. The maximum absolute atomic E-state index is 12.6. The van der Waals surface area contributed by atoms with Crippen molar-refractivity contribution in [1.82, 2.24) is 24.9 Å². The third kappa shape index (κ3) is 3.37. The molecule has 1 aromatic heterocycles. The molecule has 0 amide bonds. The number of sulfonamides is 1. The normalized spacial score (nSPS) is 13.0. The molecule has 0 saturated carbocycles. The van der Waals surface area contributed by atoms with E-state index in [4.69, 9.17) is 5.11 Å². The van der Waals surface area contributed by atoms with Gasteiger partial charge in [-0.3, -0.25) is 0 Å². The Hall–Kier alpha value is -2.33. The van der Waals surface area contributed by atoms with Crippen LogP contribution in [0.15, 0.2) is 17.0 Å². The Kier molecular flexibility index (Phi) is 4.48. The van der Waals surface area contributed by atoms with Crippen molar-refractivity contribution in [3.8, 4) is 0 Å². The first-order valence-corrected chi connectivity index (χ1v) is 8.21. The highest BCUT2D eigenvalue weighted by Gasteiger charge is 2.25. The van der Waals surface area contributed by atoms with Crippen LogP contribution in [-0.4, -0.2) is 39.7 Å². The first kappa shape index (κ1) is 17.0. The third-order valence-electron chi connectivity index (χ3n) is 3.53. The predicted octanol–water partition coefficient (Wildman–Crippen LogP) is 0.565. The zero-order chi connectivity index (χ0) is 17.4. The minimum absolute atomic E-state index is 0.0723. The van der Waals surface area contributed by atoms with Gasteiger partial charge in [0.1, 0.15) is 0 Å². The van der Waals surface area contributed by atoms with Crippen LogP contribution in [0.3, 0.4) is 0 Å². The topological polar surface area (TPSA) is 127 Å². The molecule has 1 atom stereocenters. The lowest BCUT2D eigenvalue weighted by Crippen LogP contribution is -2.29. The number of aryl methyl sites for hydroxylation is 2. The highest BCUT2D eigenvalue weighted by molar-refractivity contribution is 7.89. The van der Waals surface area contributed by atoms with Gasteiger partial charge in [-0.25, -0.2) is 22.6 Å². The molecular weight excluding hydrogens is 322 g/mol. The van der Waals surface area contributed by atoms with Crippen molar-refractivity contribution >= 4 is 16.0 Å². The van der Waals surface area contributed by atoms with Gasteiger partial charge in [0.2, 0.25) is 10.0 Å². The van der Waals surface area contributed by atoms with Gasteiger partial charge < -0.3 is 5.11 Å². The molecule has 1 heterocycles. The molecule has 0 bridgehead atoms. The standard InChI is InChI=1S/C13H17N5O4S/c1-7-5-10(13(19)20)6-11(8(7)2)23(21,22)15-9(3)12-14-16-17-18(12)4/h5-6,9,15H,1-4H3,(H,19,20)/t9-/m0/s1. The summed E-state index contributed by atoms with van der Waals surface area (Å²) in [6, 6.07) is 1.91. The van der Waals surface area contributed by atoms with E-state index in [0.717, 1.165) is 6.07 Å². The fourth-order valence-electron chi connectivity index (χ4n) is 2.18. The van der Waals surface area contributed by atoms with Crippen LogP contribution in [0.5, 0.6) is 0 Å². The smallest absolute Gasteiger partial charge is 0.335 e. The molecule has 0 unspecified atom stereocenters. The molecule has 124 valence electrons. The summed E-state index contributed by atoms with van der Waals surface area (Å²) in [5.41, 5.74) is 0.991. The number of nitrogens with zero attached hydrogens (tertiary/aromatic N) is 4. The Morgan fingerprint density at radius 1 is 1.35 bits per heavy atom. The average molecular weight is 339 g/mol. The molecule has 0 aliphatic carbocycles. The van der Waals surface area contributed by atoms with E-state index in [1.54, 1.807) is 27.8 Å². The van der Waals surface area contributed by atoms with E-state index in [1.807, 2.05) is 0 Å². The number of benzene rings is 1. The van der Waals surface area contributed by atoms with Crippen molar-refractivity contribution in [2.24, 2.45) is 7.05 Å². The fraction of sp³-hybridized carbons (Fsp3) is 0.385. The Labute approximate surface area is 133 Å². The van der Waals surface area contributed by atoms with Crippen molar-refractivity contribution in [2.45, 2.75) is 31.7 Å². The summed E-state index contributed by atoms with van der Waals surface area (Å²) in [5.74, 6) is -0.840. The van der Waals surface area contributed by atoms with E-state index >= 15 is 0 Å². The van der Waals surface area contributed by atoms with Crippen LogP contribution in [0.25, 0.3) is 0 Å². The number of nitrogens with one attached hydrogen (secondary N) is 1. The van der Waals surface area contributed by atoms with Crippen LogP contribution in [0.1, 0.15) is 40.3 Å². The lowest BCUT2D eigenvalue weighted by molar-refractivity contribution is 0.0696. The molecule has 1 aromatic carbocycles. The molecule has 0 aliphatic rings. The zero-order valence-electron chi connectivity index (χ0n) is 13.1. The van der Waals surface area contributed by atoms with Crippen LogP contribution in [-0.2, 0) is 17.1 Å². The van der Waals surface area contributed by atoms with Gasteiger partial charge in [-0.1, -0.05) is 0 Å². The molecule has 0 saturated heterocycles. The van der Waals surface area contributed by atoms with E-state index in [0.29, 0.717) is 17.0 Å². The summed E-state index contributed by atoms with van der Waals surface area (Å²) in [5, 5.41) is 20.0. The molecule has 9 nitrogen and oxygen atoms in total. The summed E-state index contributed by atoms with van der Waals surface area (Å²) in [6.07, 6.45) is 0. The largest absolute Gasteiger partial charge is 0.478 e. The second kappa shape index (κ2) is 6.05. The number of carboxylic acid groups (broad SMARTS) is 1. The molecular formula is C13H17N5O4S. The minimum atomic E-state index is -3.93. The first-order chi connectivity index (χ1) is 10.6. The maximum atomic E-state index is 12.6. The number of tetrazole rings is 1. The second-order valence-electron chi connectivity index (χ2n) is 5.23. The van der Waals surface area contributed by atoms with E-state index in [9.17, 15) is 13.2 Å². The number of carboxylic acids is 1. The molecule has 0 aliphatic heterocycles.